The maximum atomic E-state index is 12.5. The van der Waals surface area contributed by atoms with Crippen LogP contribution in [0.3, 0.4) is 0 Å². The summed E-state index contributed by atoms with van der Waals surface area (Å²) >= 11 is 11.3. The number of hydrogen-bond donors (Lipinski definition) is 0. The van der Waals surface area contributed by atoms with Crippen LogP contribution in [0.4, 0.5) is 13.2 Å². The standard InChI is InChI=1S/C11H10Cl2F3N3O/c12-8-7(5-17-10(13)18-8)9(20)19-3-1-6(2-4-19)11(14,15)16/h5-6H,1-4H2. The van der Waals surface area contributed by atoms with Gasteiger partial charge in [0, 0.05) is 19.3 Å². The van der Waals surface area contributed by atoms with Crippen LogP contribution in [0.1, 0.15) is 23.2 Å². The summed E-state index contributed by atoms with van der Waals surface area (Å²) in [6.07, 6.45) is -3.26. The molecule has 110 valence electrons. The van der Waals surface area contributed by atoms with Crippen molar-refractivity contribution in [2.45, 2.75) is 19.0 Å². The molecule has 0 spiro atoms. The van der Waals surface area contributed by atoms with Crippen molar-refractivity contribution in [2.75, 3.05) is 13.1 Å². The number of piperidine rings is 1. The van der Waals surface area contributed by atoms with Gasteiger partial charge in [0.05, 0.1) is 11.5 Å². The lowest BCUT2D eigenvalue weighted by Crippen LogP contribution is -2.42. The Balaban J connectivity index is 2.05. The first kappa shape index (κ1) is 15.3. The van der Waals surface area contributed by atoms with Crippen LogP contribution in [0, 0.1) is 5.92 Å². The number of carbonyl (C=O) groups excluding carboxylic acids is 1. The zero-order chi connectivity index (χ0) is 14.9. The Morgan fingerprint density at radius 1 is 1.30 bits per heavy atom. The Labute approximate surface area is 122 Å². The van der Waals surface area contributed by atoms with Gasteiger partial charge in [-0.2, -0.15) is 13.2 Å². The highest BCUT2D eigenvalue weighted by Crippen LogP contribution is 2.34. The van der Waals surface area contributed by atoms with Crippen molar-refractivity contribution in [3.63, 3.8) is 0 Å². The van der Waals surface area contributed by atoms with Crippen LogP contribution in [0.25, 0.3) is 0 Å². The molecular weight excluding hydrogens is 318 g/mol. The molecule has 0 aliphatic carbocycles. The summed E-state index contributed by atoms with van der Waals surface area (Å²) in [6, 6.07) is 0. The monoisotopic (exact) mass is 327 g/mol. The largest absolute Gasteiger partial charge is 0.391 e. The second kappa shape index (κ2) is 5.73. The molecule has 1 aromatic heterocycles. The number of hydrogen-bond acceptors (Lipinski definition) is 3. The number of likely N-dealkylation sites (tertiary alicyclic amines) is 1. The van der Waals surface area contributed by atoms with E-state index in [2.05, 4.69) is 9.97 Å². The smallest absolute Gasteiger partial charge is 0.338 e. The minimum absolute atomic E-state index is 0.0297. The van der Waals surface area contributed by atoms with Gasteiger partial charge in [0.25, 0.3) is 5.91 Å². The molecule has 1 fully saturated rings. The molecule has 1 aromatic rings. The van der Waals surface area contributed by atoms with E-state index in [-0.39, 0.29) is 41.9 Å². The molecule has 9 heteroatoms. The van der Waals surface area contributed by atoms with Gasteiger partial charge in [0.1, 0.15) is 5.15 Å². The molecule has 0 unspecified atom stereocenters. The quantitative estimate of drug-likeness (QED) is 0.587. The summed E-state index contributed by atoms with van der Waals surface area (Å²) in [5.41, 5.74) is 0.0431. The van der Waals surface area contributed by atoms with Gasteiger partial charge in [0.15, 0.2) is 0 Å². The minimum atomic E-state index is -4.21. The summed E-state index contributed by atoms with van der Waals surface area (Å²) < 4.78 is 37.6. The van der Waals surface area contributed by atoms with Gasteiger partial charge in [-0.1, -0.05) is 11.6 Å². The minimum Gasteiger partial charge on any atom is -0.338 e. The van der Waals surface area contributed by atoms with E-state index in [1.807, 2.05) is 0 Å². The third kappa shape index (κ3) is 3.32. The van der Waals surface area contributed by atoms with Crippen molar-refractivity contribution >= 4 is 29.1 Å². The van der Waals surface area contributed by atoms with Crippen molar-refractivity contribution in [3.8, 4) is 0 Å². The molecule has 0 N–H and O–H groups in total. The van der Waals surface area contributed by atoms with Crippen LogP contribution in [-0.4, -0.2) is 40.0 Å². The lowest BCUT2D eigenvalue weighted by molar-refractivity contribution is -0.183. The third-order valence-corrected chi connectivity index (χ3v) is 3.66. The van der Waals surface area contributed by atoms with E-state index in [1.165, 1.54) is 11.1 Å². The molecule has 1 aliphatic rings. The Morgan fingerprint density at radius 3 is 2.40 bits per heavy atom. The van der Waals surface area contributed by atoms with Gasteiger partial charge in [-0.3, -0.25) is 4.79 Å². The maximum Gasteiger partial charge on any atom is 0.391 e. The average Bonchev–Trinajstić information content (AvgIpc) is 2.37. The summed E-state index contributed by atoms with van der Waals surface area (Å²) in [6.45, 7) is 0.0595. The van der Waals surface area contributed by atoms with Gasteiger partial charge in [-0.05, 0) is 24.4 Å². The number of nitrogens with zero attached hydrogens (tertiary/aromatic N) is 3. The van der Waals surface area contributed by atoms with Crippen LogP contribution < -0.4 is 0 Å². The number of carbonyl (C=O) groups is 1. The van der Waals surface area contributed by atoms with Crippen LogP contribution in [0.2, 0.25) is 10.4 Å². The zero-order valence-corrected chi connectivity index (χ0v) is 11.6. The van der Waals surface area contributed by atoms with Crippen LogP contribution >= 0.6 is 23.2 Å². The normalized spacial score (nSPS) is 17.4. The van der Waals surface area contributed by atoms with Gasteiger partial charge < -0.3 is 4.90 Å². The summed E-state index contributed by atoms with van der Waals surface area (Å²) in [5.74, 6) is -1.84. The fourth-order valence-corrected chi connectivity index (χ4v) is 2.45. The van der Waals surface area contributed by atoms with Gasteiger partial charge in [-0.15, -0.1) is 0 Å². The van der Waals surface area contributed by atoms with Gasteiger partial charge in [0.2, 0.25) is 5.28 Å². The SMILES string of the molecule is O=C(c1cnc(Cl)nc1Cl)N1CCC(C(F)(F)F)CC1. The van der Waals surface area contributed by atoms with E-state index < -0.39 is 18.0 Å². The highest BCUT2D eigenvalue weighted by atomic mass is 35.5. The molecule has 0 bridgehead atoms. The Kier molecular flexibility index (Phi) is 4.39. The number of aromatic nitrogens is 2. The molecular formula is C11H10Cl2F3N3O. The van der Waals surface area contributed by atoms with Crippen LogP contribution in [-0.2, 0) is 0 Å². The van der Waals surface area contributed by atoms with Crippen molar-refractivity contribution < 1.29 is 18.0 Å². The van der Waals surface area contributed by atoms with Crippen LogP contribution in [0.15, 0.2) is 6.20 Å². The summed E-state index contributed by atoms with van der Waals surface area (Å²) in [5, 5.41) is -0.199. The molecule has 20 heavy (non-hydrogen) atoms. The molecule has 1 amide bonds. The summed E-state index contributed by atoms with van der Waals surface area (Å²) in [7, 11) is 0. The fourth-order valence-electron chi connectivity index (χ4n) is 2.06. The molecule has 4 nitrogen and oxygen atoms in total. The topological polar surface area (TPSA) is 46.1 Å². The van der Waals surface area contributed by atoms with Crippen molar-refractivity contribution in [3.05, 3.63) is 22.2 Å². The average molecular weight is 328 g/mol. The van der Waals surface area contributed by atoms with E-state index in [0.717, 1.165) is 0 Å². The third-order valence-electron chi connectivity index (χ3n) is 3.19. The molecule has 0 atom stereocenters. The van der Waals surface area contributed by atoms with E-state index in [0.29, 0.717) is 0 Å². The van der Waals surface area contributed by atoms with E-state index in [1.54, 1.807) is 0 Å². The number of amides is 1. The van der Waals surface area contributed by atoms with E-state index in [4.69, 9.17) is 23.2 Å². The fraction of sp³-hybridized carbons (Fsp3) is 0.545. The summed E-state index contributed by atoms with van der Waals surface area (Å²) in [4.78, 5) is 20.7. The molecule has 1 aliphatic heterocycles. The highest BCUT2D eigenvalue weighted by molar-refractivity contribution is 6.34. The molecule has 0 aromatic carbocycles. The Bertz CT molecular complexity index is 516. The second-order valence-electron chi connectivity index (χ2n) is 4.45. The zero-order valence-electron chi connectivity index (χ0n) is 10.1. The number of halogens is 5. The first-order chi connectivity index (χ1) is 9.29. The highest BCUT2D eigenvalue weighted by Gasteiger charge is 2.41. The van der Waals surface area contributed by atoms with E-state index >= 15 is 0 Å². The van der Waals surface area contributed by atoms with Crippen molar-refractivity contribution in [1.29, 1.82) is 0 Å². The first-order valence-corrected chi connectivity index (χ1v) is 6.58. The molecule has 0 saturated carbocycles. The van der Waals surface area contributed by atoms with Crippen molar-refractivity contribution in [2.24, 2.45) is 5.92 Å². The number of rotatable bonds is 1. The number of alkyl halides is 3. The van der Waals surface area contributed by atoms with Crippen molar-refractivity contribution in [1.82, 2.24) is 14.9 Å². The van der Waals surface area contributed by atoms with Crippen LogP contribution in [0.5, 0.6) is 0 Å². The second-order valence-corrected chi connectivity index (χ2v) is 5.15. The molecule has 2 heterocycles. The molecule has 0 radical (unpaired) electrons. The lowest BCUT2D eigenvalue weighted by Gasteiger charge is -2.32. The molecule has 2 rings (SSSR count). The Hall–Kier alpha value is -1.08. The first-order valence-electron chi connectivity index (χ1n) is 5.83. The predicted molar refractivity (Wildman–Crippen MR) is 66.7 cm³/mol. The maximum absolute atomic E-state index is 12.5. The van der Waals surface area contributed by atoms with Gasteiger partial charge >= 0.3 is 6.18 Å². The predicted octanol–water partition coefficient (Wildman–Crippen LogP) is 3.20. The van der Waals surface area contributed by atoms with Gasteiger partial charge in [-0.25, -0.2) is 9.97 Å². The molecule has 1 saturated heterocycles. The van der Waals surface area contributed by atoms with E-state index in [9.17, 15) is 18.0 Å². The lowest BCUT2D eigenvalue weighted by atomic mass is 9.96. The Morgan fingerprint density at radius 2 is 1.90 bits per heavy atom.